The second-order valence-corrected chi connectivity index (χ2v) is 12.7. The van der Waals surface area contributed by atoms with E-state index in [0.29, 0.717) is 19.6 Å². The summed E-state index contributed by atoms with van der Waals surface area (Å²) in [5.74, 6) is 0.00905. The van der Waals surface area contributed by atoms with Crippen LogP contribution >= 0.6 is 0 Å². The van der Waals surface area contributed by atoms with Crippen LogP contribution in [0, 0.1) is 5.92 Å². The predicted octanol–water partition coefficient (Wildman–Crippen LogP) is 3.79. The van der Waals surface area contributed by atoms with Crippen LogP contribution in [-0.4, -0.2) is 44.5 Å². The molecule has 0 aromatic heterocycles. The summed E-state index contributed by atoms with van der Waals surface area (Å²) in [5.41, 5.74) is 0. The molecule has 5 nitrogen and oxygen atoms in total. The molecule has 0 aromatic rings. The van der Waals surface area contributed by atoms with E-state index in [4.69, 9.17) is 9.16 Å². The van der Waals surface area contributed by atoms with Crippen LogP contribution in [0.2, 0.25) is 18.1 Å². The number of nitrogens with zero attached hydrogens (tertiary/aromatic N) is 1. The number of likely N-dealkylation sites (tertiary alicyclic amines) is 1. The third-order valence-corrected chi connectivity index (χ3v) is 8.79. The number of hydrogen-bond donors (Lipinski definition) is 0. The quantitative estimate of drug-likeness (QED) is 0.736. The molecule has 22 heavy (non-hydrogen) atoms. The van der Waals surface area contributed by atoms with Crippen LogP contribution in [0.4, 0.5) is 4.79 Å². The second-order valence-electron chi connectivity index (χ2n) is 8.00. The zero-order valence-corrected chi connectivity index (χ0v) is 16.1. The SMILES string of the molecule is CC(C)COC(=O)N1CCCC1C(=O)O[Si](C)(C)C(C)(C)C. The van der Waals surface area contributed by atoms with Gasteiger partial charge in [-0.25, -0.2) is 4.79 Å². The monoisotopic (exact) mass is 329 g/mol. The number of ether oxygens (including phenoxy) is 1. The summed E-state index contributed by atoms with van der Waals surface area (Å²) in [4.78, 5) is 26.2. The molecule has 6 heteroatoms. The van der Waals surface area contributed by atoms with E-state index in [1.54, 1.807) is 0 Å². The molecule has 0 N–H and O–H groups in total. The standard InChI is InChI=1S/C16H31NO4Si/c1-12(2)11-20-15(19)17-10-8-9-13(17)14(18)21-22(6,7)16(3,4)5/h12-13H,8-11H2,1-7H3. The Hall–Kier alpha value is -1.04. The fraction of sp³-hybridized carbons (Fsp3) is 0.875. The van der Waals surface area contributed by atoms with Gasteiger partial charge in [0.2, 0.25) is 0 Å². The van der Waals surface area contributed by atoms with Crippen molar-refractivity contribution in [1.29, 1.82) is 0 Å². The van der Waals surface area contributed by atoms with Crippen molar-refractivity contribution in [2.45, 2.75) is 71.6 Å². The minimum Gasteiger partial charge on any atom is -0.518 e. The van der Waals surface area contributed by atoms with Crippen molar-refractivity contribution in [2.75, 3.05) is 13.2 Å². The van der Waals surface area contributed by atoms with Gasteiger partial charge >= 0.3 is 12.1 Å². The van der Waals surface area contributed by atoms with Gasteiger partial charge in [0.25, 0.3) is 8.32 Å². The van der Waals surface area contributed by atoms with E-state index in [1.807, 2.05) is 26.9 Å². The van der Waals surface area contributed by atoms with Crippen LogP contribution in [0.1, 0.15) is 47.5 Å². The first-order valence-electron chi connectivity index (χ1n) is 8.12. The van der Waals surface area contributed by atoms with Gasteiger partial charge in [-0.1, -0.05) is 34.6 Å². The summed E-state index contributed by atoms with van der Waals surface area (Å²) < 4.78 is 11.1. The van der Waals surface area contributed by atoms with Crippen molar-refractivity contribution in [1.82, 2.24) is 4.90 Å². The molecular formula is C16H31NO4Si. The van der Waals surface area contributed by atoms with Crippen molar-refractivity contribution in [3.63, 3.8) is 0 Å². The molecular weight excluding hydrogens is 298 g/mol. The molecule has 0 bridgehead atoms. The number of hydrogen-bond acceptors (Lipinski definition) is 4. The third kappa shape index (κ3) is 4.73. The number of carbonyl (C=O) groups is 2. The fourth-order valence-electron chi connectivity index (χ4n) is 2.02. The number of carbonyl (C=O) groups excluding carboxylic acids is 2. The molecule has 1 aliphatic heterocycles. The molecule has 1 unspecified atom stereocenters. The maximum Gasteiger partial charge on any atom is 0.410 e. The molecule has 1 atom stereocenters. The van der Waals surface area contributed by atoms with Gasteiger partial charge < -0.3 is 9.16 Å². The average Bonchev–Trinajstić information content (AvgIpc) is 2.83. The first-order valence-corrected chi connectivity index (χ1v) is 11.0. The third-order valence-electron chi connectivity index (χ3n) is 4.46. The first kappa shape index (κ1) is 19.0. The van der Waals surface area contributed by atoms with Crippen molar-refractivity contribution < 1.29 is 18.8 Å². The second kappa shape index (κ2) is 7.02. The van der Waals surface area contributed by atoms with Crippen molar-refractivity contribution in [3.05, 3.63) is 0 Å². The highest BCUT2D eigenvalue weighted by molar-refractivity contribution is 6.75. The molecule has 1 amide bonds. The fourth-order valence-corrected chi connectivity index (χ4v) is 2.97. The van der Waals surface area contributed by atoms with E-state index in [1.165, 1.54) is 4.90 Å². The van der Waals surface area contributed by atoms with E-state index < -0.39 is 20.5 Å². The Morgan fingerprint density at radius 3 is 2.36 bits per heavy atom. The molecule has 0 spiro atoms. The summed E-state index contributed by atoms with van der Waals surface area (Å²) in [6.45, 7) is 15.3. The zero-order chi connectivity index (χ0) is 17.1. The lowest BCUT2D eigenvalue weighted by Gasteiger charge is -2.37. The van der Waals surface area contributed by atoms with Crippen LogP contribution in [0.3, 0.4) is 0 Å². The topological polar surface area (TPSA) is 55.8 Å². The van der Waals surface area contributed by atoms with E-state index in [2.05, 4.69) is 20.8 Å². The molecule has 128 valence electrons. The molecule has 0 saturated carbocycles. The lowest BCUT2D eigenvalue weighted by Crippen LogP contribution is -2.49. The molecule has 1 fully saturated rings. The van der Waals surface area contributed by atoms with Crippen molar-refractivity contribution in [3.8, 4) is 0 Å². The summed E-state index contributed by atoms with van der Waals surface area (Å²) in [6.07, 6.45) is 1.07. The Bertz CT molecular complexity index is 415. The summed E-state index contributed by atoms with van der Waals surface area (Å²) in [5, 5.41) is -0.0375. The van der Waals surface area contributed by atoms with Gasteiger partial charge in [0, 0.05) is 6.54 Å². The van der Waals surface area contributed by atoms with E-state index in [-0.39, 0.29) is 16.9 Å². The Balaban J connectivity index is 2.70. The Kier molecular flexibility index (Phi) is 6.07. The molecule has 1 heterocycles. The van der Waals surface area contributed by atoms with Gasteiger partial charge in [-0.05, 0) is 36.9 Å². The van der Waals surface area contributed by atoms with E-state index in [0.717, 1.165) is 6.42 Å². The van der Waals surface area contributed by atoms with Gasteiger partial charge in [-0.15, -0.1) is 0 Å². The van der Waals surface area contributed by atoms with Crippen LogP contribution in [0.5, 0.6) is 0 Å². The lowest BCUT2D eigenvalue weighted by molar-refractivity contribution is -0.140. The highest BCUT2D eigenvalue weighted by atomic mass is 28.4. The van der Waals surface area contributed by atoms with Crippen LogP contribution in [0.25, 0.3) is 0 Å². The molecule has 0 aliphatic carbocycles. The van der Waals surface area contributed by atoms with Gasteiger partial charge in [0.1, 0.15) is 6.04 Å². The van der Waals surface area contributed by atoms with Crippen molar-refractivity contribution in [2.24, 2.45) is 5.92 Å². The number of rotatable bonds is 4. The van der Waals surface area contributed by atoms with Gasteiger partial charge in [-0.3, -0.25) is 9.69 Å². The van der Waals surface area contributed by atoms with Crippen LogP contribution < -0.4 is 0 Å². The molecule has 1 rings (SSSR count). The Labute approximate surface area is 135 Å². The lowest BCUT2D eigenvalue weighted by atomic mass is 10.2. The Morgan fingerprint density at radius 1 is 1.27 bits per heavy atom. The maximum absolute atomic E-state index is 12.5. The van der Waals surface area contributed by atoms with Crippen molar-refractivity contribution >= 4 is 20.4 Å². The molecule has 1 saturated heterocycles. The largest absolute Gasteiger partial charge is 0.518 e. The Morgan fingerprint density at radius 2 is 1.86 bits per heavy atom. The predicted molar refractivity (Wildman–Crippen MR) is 89.2 cm³/mol. The molecule has 0 radical (unpaired) electrons. The van der Waals surface area contributed by atoms with E-state index in [9.17, 15) is 9.59 Å². The van der Waals surface area contributed by atoms with Crippen LogP contribution in [0.15, 0.2) is 0 Å². The number of amides is 1. The van der Waals surface area contributed by atoms with E-state index >= 15 is 0 Å². The minimum absolute atomic E-state index is 0.0375. The maximum atomic E-state index is 12.5. The molecule has 1 aliphatic rings. The average molecular weight is 330 g/mol. The normalized spacial score (nSPS) is 19.5. The molecule has 0 aromatic carbocycles. The summed E-state index contributed by atoms with van der Waals surface area (Å²) in [6, 6.07) is -0.492. The smallest absolute Gasteiger partial charge is 0.410 e. The highest BCUT2D eigenvalue weighted by Gasteiger charge is 2.44. The minimum atomic E-state index is -2.16. The summed E-state index contributed by atoms with van der Waals surface area (Å²) in [7, 11) is -2.16. The first-order chi connectivity index (χ1) is 9.95. The van der Waals surface area contributed by atoms with Gasteiger partial charge in [0.05, 0.1) is 6.61 Å². The van der Waals surface area contributed by atoms with Gasteiger partial charge in [-0.2, -0.15) is 0 Å². The highest BCUT2D eigenvalue weighted by Crippen LogP contribution is 2.37. The zero-order valence-electron chi connectivity index (χ0n) is 15.1. The summed E-state index contributed by atoms with van der Waals surface area (Å²) >= 11 is 0. The van der Waals surface area contributed by atoms with Crippen LogP contribution in [-0.2, 0) is 14.0 Å². The van der Waals surface area contributed by atoms with Gasteiger partial charge in [0.15, 0.2) is 0 Å².